The molecule has 0 aliphatic carbocycles. The summed E-state index contributed by atoms with van der Waals surface area (Å²) in [4.78, 5) is 31.9. The normalized spacial score (nSPS) is 15.6. The topological polar surface area (TPSA) is 68.2 Å². The molecule has 8 heteroatoms. The first kappa shape index (κ1) is 24.8. The predicted octanol–water partition coefficient (Wildman–Crippen LogP) is 6.20. The van der Waals surface area contributed by atoms with Crippen molar-refractivity contribution in [2.45, 2.75) is 13.5 Å². The number of hydrogen-bond donors (Lipinski definition) is 0. The molecule has 1 amide bonds. The lowest BCUT2D eigenvalue weighted by Crippen LogP contribution is -2.28. The fourth-order valence-corrected chi connectivity index (χ4v) is 4.83. The van der Waals surface area contributed by atoms with Gasteiger partial charge in [-0.25, -0.2) is 9.79 Å². The van der Waals surface area contributed by atoms with Crippen LogP contribution in [-0.4, -0.2) is 35.2 Å². The molecule has 6 nitrogen and oxygen atoms in total. The molecule has 1 saturated heterocycles. The van der Waals surface area contributed by atoms with Crippen molar-refractivity contribution < 1.29 is 19.1 Å². The Balaban J connectivity index is 1.57. The average molecular weight is 551 g/mol. The molecule has 0 unspecified atom stereocenters. The van der Waals surface area contributed by atoms with Crippen LogP contribution in [0.2, 0.25) is 0 Å². The van der Waals surface area contributed by atoms with Gasteiger partial charge in [0.25, 0.3) is 5.91 Å². The van der Waals surface area contributed by atoms with Crippen LogP contribution < -0.4 is 4.74 Å². The Morgan fingerprint density at radius 1 is 1.06 bits per heavy atom. The Labute approximate surface area is 216 Å². The standard InChI is InChI=1S/C27H23BrN2O4S/c1-2-33-25(31)18-34-23-14-13-20(15-22(23)28)16-24-26(32)30(17-19-9-5-3-6-10-19)27(35-24)29-21-11-7-4-8-12-21/h3-16H,2,17-18H2,1H3/b24-16+,29-27?. The number of amidine groups is 1. The fraction of sp³-hybridized carbons (Fsp3) is 0.148. The third kappa shape index (κ3) is 6.61. The van der Waals surface area contributed by atoms with Gasteiger partial charge in [-0.05, 0) is 76.1 Å². The zero-order valence-corrected chi connectivity index (χ0v) is 21.4. The number of benzene rings is 3. The van der Waals surface area contributed by atoms with Gasteiger partial charge in [0, 0.05) is 0 Å². The van der Waals surface area contributed by atoms with Gasteiger partial charge in [0.05, 0.1) is 28.2 Å². The van der Waals surface area contributed by atoms with E-state index in [1.54, 1.807) is 17.9 Å². The highest BCUT2D eigenvalue weighted by Crippen LogP contribution is 2.36. The fourth-order valence-electron chi connectivity index (χ4n) is 3.32. The van der Waals surface area contributed by atoms with Crippen LogP contribution in [-0.2, 0) is 20.9 Å². The van der Waals surface area contributed by atoms with Crippen LogP contribution in [0, 0.1) is 0 Å². The quantitative estimate of drug-likeness (QED) is 0.247. The molecule has 35 heavy (non-hydrogen) atoms. The molecule has 1 fully saturated rings. The minimum absolute atomic E-state index is 0.104. The lowest BCUT2D eigenvalue weighted by atomic mass is 10.2. The van der Waals surface area contributed by atoms with Crippen molar-refractivity contribution in [2.24, 2.45) is 4.99 Å². The number of rotatable bonds is 8. The molecular formula is C27H23BrN2O4S. The maximum Gasteiger partial charge on any atom is 0.344 e. The predicted molar refractivity (Wildman–Crippen MR) is 142 cm³/mol. The van der Waals surface area contributed by atoms with Gasteiger partial charge in [-0.3, -0.25) is 9.69 Å². The number of amides is 1. The lowest BCUT2D eigenvalue weighted by molar-refractivity contribution is -0.145. The Morgan fingerprint density at radius 3 is 2.46 bits per heavy atom. The number of nitrogens with zero attached hydrogens (tertiary/aromatic N) is 2. The number of carbonyl (C=O) groups excluding carboxylic acids is 2. The third-order valence-corrected chi connectivity index (χ3v) is 6.58. The molecule has 0 N–H and O–H groups in total. The van der Waals surface area contributed by atoms with Gasteiger partial charge in [0.2, 0.25) is 0 Å². The van der Waals surface area contributed by atoms with E-state index in [1.165, 1.54) is 11.8 Å². The van der Waals surface area contributed by atoms with E-state index >= 15 is 0 Å². The minimum atomic E-state index is -0.428. The smallest absolute Gasteiger partial charge is 0.344 e. The van der Waals surface area contributed by atoms with Crippen molar-refractivity contribution in [3.05, 3.63) is 99.4 Å². The van der Waals surface area contributed by atoms with E-state index in [1.807, 2.05) is 78.9 Å². The van der Waals surface area contributed by atoms with Gasteiger partial charge >= 0.3 is 5.97 Å². The zero-order valence-electron chi connectivity index (χ0n) is 19.0. The van der Waals surface area contributed by atoms with E-state index in [0.29, 0.717) is 33.4 Å². The second-order valence-corrected chi connectivity index (χ2v) is 9.36. The maximum atomic E-state index is 13.4. The molecule has 0 saturated carbocycles. The molecule has 0 atom stereocenters. The van der Waals surface area contributed by atoms with Gasteiger partial charge in [0.15, 0.2) is 11.8 Å². The van der Waals surface area contributed by atoms with Crippen molar-refractivity contribution in [3.8, 4) is 5.75 Å². The number of halogens is 1. The van der Waals surface area contributed by atoms with Crippen LogP contribution in [0.3, 0.4) is 0 Å². The number of aliphatic imine (C=N–C) groups is 1. The minimum Gasteiger partial charge on any atom is -0.481 e. The molecule has 178 valence electrons. The van der Waals surface area contributed by atoms with Crippen molar-refractivity contribution in [1.29, 1.82) is 0 Å². The molecule has 0 aromatic heterocycles. The summed E-state index contributed by atoms with van der Waals surface area (Å²) in [6.07, 6.45) is 1.83. The summed E-state index contributed by atoms with van der Waals surface area (Å²) in [5.41, 5.74) is 2.62. The number of carbonyl (C=O) groups is 2. The lowest BCUT2D eigenvalue weighted by Gasteiger charge is -2.15. The Hall–Kier alpha value is -3.36. The van der Waals surface area contributed by atoms with E-state index in [-0.39, 0.29) is 12.5 Å². The summed E-state index contributed by atoms with van der Waals surface area (Å²) in [5, 5.41) is 0.629. The summed E-state index contributed by atoms with van der Waals surface area (Å²) in [7, 11) is 0. The van der Waals surface area contributed by atoms with E-state index in [4.69, 9.17) is 14.5 Å². The van der Waals surface area contributed by atoms with Gasteiger partial charge in [-0.15, -0.1) is 0 Å². The van der Waals surface area contributed by atoms with Crippen molar-refractivity contribution in [2.75, 3.05) is 13.2 Å². The van der Waals surface area contributed by atoms with Crippen LogP contribution >= 0.6 is 27.7 Å². The molecule has 0 radical (unpaired) electrons. The van der Waals surface area contributed by atoms with Crippen molar-refractivity contribution in [1.82, 2.24) is 4.90 Å². The first-order valence-electron chi connectivity index (χ1n) is 11.0. The average Bonchev–Trinajstić information content (AvgIpc) is 3.14. The highest BCUT2D eigenvalue weighted by molar-refractivity contribution is 9.10. The number of hydrogen-bond acceptors (Lipinski definition) is 6. The largest absolute Gasteiger partial charge is 0.481 e. The molecule has 1 aliphatic rings. The van der Waals surface area contributed by atoms with Gasteiger partial charge in [-0.2, -0.15) is 0 Å². The van der Waals surface area contributed by atoms with Crippen LogP contribution in [0.15, 0.2) is 93.2 Å². The molecule has 0 bridgehead atoms. The highest BCUT2D eigenvalue weighted by Gasteiger charge is 2.33. The van der Waals surface area contributed by atoms with Crippen LogP contribution in [0.4, 0.5) is 5.69 Å². The second kappa shape index (κ2) is 11.9. The SMILES string of the molecule is CCOC(=O)COc1ccc(/C=C2/SC(=Nc3ccccc3)N(Cc3ccccc3)C2=O)cc1Br. The van der Waals surface area contributed by atoms with E-state index in [9.17, 15) is 9.59 Å². The van der Waals surface area contributed by atoms with E-state index in [0.717, 1.165) is 16.8 Å². The zero-order chi connectivity index (χ0) is 24.6. The Bertz CT molecular complexity index is 1260. The molecule has 0 spiro atoms. The van der Waals surface area contributed by atoms with Crippen molar-refractivity contribution in [3.63, 3.8) is 0 Å². The first-order chi connectivity index (χ1) is 17.0. The van der Waals surface area contributed by atoms with Gasteiger partial charge in [-0.1, -0.05) is 54.6 Å². The molecule has 4 rings (SSSR count). The number of ether oxygens (including phenoxy) is 2. The van der Waals surface area contributed by atoms with E-state index < -0.39 is 5.97 Å². The first-order valence-corrected chi connectivity index (χ1v) is 12.6. The molecule has 1 aliphatic heterocycles. The van der Waals surface area contributed by atoms with Gasteiger partial charge in [0.1, 0.15) is 5.75 Å². The highest BCUT2D eigenvalue weighted by atomic mass is 79.9. The molecule has 1 heterocycles. The summed E-state index contributed by atoms with van der Waals surface area (Å²) in [5.74, 6) is -0.0165. The summed E-state index contributed by atoms with van der Waals surface area (Å²) < 4.78 is 11.1. The summed E-state index contributed by atoms with van der Waals surface area (Å²) in [6.45, 7) is 2.31. The van der Waals surface area contributed by atoms with E-state index in [2.05, 4.69) is 15.9 Å². The summed E-state index contributed by atoms with van der Waals surface area (Å²) >= 11 is 4.83. The number of esters is 1. The Morgan fingerprint density at radius 2 is 1.77 bits per heavy atom. The van der Waals surface area contributed by atoms with Gasteiger partial charge < -0.3 is 9.47 Å². The van der Waals surface area contributed by atoms with Crippen LogP contribution in [0.5, 0.6) is 5.75 Å². The van der Waals surface area contributed by atoms with Crippen molar-refractivity contribution >= 4 is 56.5 Å². The third-order valence-electron chi connectivity index (χ3n) is 4.96. The Kier molecular flexibility index (Phi) is 8.39. The second-order valence-electron chi connectivity index (χ2n) is 7.50. The molecule has 3 aromatic carbocycles. The van der Waals surface area contributed by atoms with Crippen LogP contribution in [0.25, 0.3) is 6.08 Å². The summed E-state index contributed by atoms with van der Waals surface area (Å²) in [6, 6.07) is 24.9. The molecular weight excluding hydrogens is 528 g/mol. The monoisotopic (exact) mass is 550 g/mol. The number of thioether (sulfide) groups is 1. The van der Waals surface area contributed by atoms with Crippen LogP contribution in [0.1, 0.15) is 18.1 Å². The number of para-hydroxylation sites is 1. The molecule has 3 aromatic rings. The maximum absolute atomic E-state index is 13.4.